The maximum absolute atomic E-state index is 13.1. The highest BCUT2D eigenvalue weighted by atomic mass is 31.2. The van der Waals surface area contributed by atoms with Gasteiger partial charge in [-0.15, -0.1) is 0 Å². The summed E-state index contributed by atoms with van der Waals surface area (Å²) < 4.78 is 68.8. The molecule has 0 aliphatic carbocycles. The lowest BCUT2D eigenvalue weighted by atomic mass is 10.0. The van der Waals surface area contributed by atoms with E-state index in [4.69, 9.17) is 37.0 Å². The van der Waals surface area contributed by atoms with Crippen LogP contribution in [0.2, 0.25) is 0 Å². The summed E-state index contributed by atoms with van der Waals surface area (Å²) in [7, 11) is -9.92. The van der Waals surface area contributed by atoms with E-state index in [1.807, 2.05) is 0 Å². The summed E-state index contributed by atoms with van der Waals surface area (Å²) in [5.74, 6) is 0.241. The number of hydrogen-bond donors (Lipinski definition) is 3. The molecular weight excluding hydrogens is 1310 g/mol. The van der Waals surface area contributed by atoms with Gasteiger partial charge in [0, 0.05) is 25.7 Å². The van der Waals surface area contributed by atoms with E-state index in [2.05, 4.69) is 48.5 Å². The molecule has 0 aromatic heterocycles. The minimum Gasteiger partial charge on any atom is -0.462 e. The van der Waals surface area contributed by atoms with Crippen LogP contribution in [-0.4, -0.2) is 96.7 Å². The Kier molecular flexibility index (Phi) is 69.9. The van der Waals surface area contributed by atoms with E-state index in [0.29, 0.717) is 25.7 Å². The van der Waals surface area contributed by atoms with Crippen LogP contribution in [0.25, 0.3) is 0 Å². The average Bonchev–Trinajstić information content (AvgIpc) is 0.940. The standard InChI is InChI=1S/C81H158O17P2/c1-8-9-10-11-12-13-14-18-27-34-41-48-55-62-78(83)91-69-77(98-81(86)65-58-51-44-37-30-23-26-33-40-47-54-61-74(6)7)71-96-100(89,90)94-67-75(82)66-93-99(87,88)95-70-76(68-92-79(84)63-56-49-42-35-28-22-21-25-32-39-46-53-60-73(4)5)97-80(85)64-57-50-43-36-29-20-17-15-16-19-24-31-38-45-52-59-72(2)3/h72-77,82H,8-71H2,1-7H3,(H,87,88)(H,89,90)/t75-,76-,77-/m1/s1. The fraction of sp³-hybridized carbons (Fsp3) is 0.951. The van der Waals surface area contributed by atoms with Gasteiger partial charge in [-0.05, 0) is 43.4 Å². The van der Waals surface area contributed by atoms with Crippen LogP contribution in [0.1, 0.15) is 421 Å². The highest BCUT2D eigenvalue weighted by Gasteiger charge is 2.30. The number of aliphatic hydroxyl groups is 1. The number of phosphoric acid groups is 2. The summed E-state index contributed by atoms with van der Waals surface area (Å²) in [6.45, 7) is 12.0. The average molecular weight is 1470 g/mol. The van der Waals surface area contributed by atoms with Crippen molar-refractivity contribution >= 4 is 39.5 Å². The maximum Gasteiger partial charge on any atom is 0.472 e. The molecule has 0 heterocycles. The predicted molar refractivity (Wildman–Crippen MR) is 409 cm³/mol. The fourth-order valence-corrected chi connectivity index (χ4v) is 14.1. The molecule has 0 aliphatic heterocycles. The van der Waals surface area contributed by atoms with Crippen LogP contribution in [0.15, 0.2) is 0 Å². The van der Waals surface area contributed by atoms with Crippen LogP contribution >= 0.6 is 15.6 Å². The molecule has 594 valence electrons. The number of carbonyl (C=O) groups excluding carboxylic acids is 4. The highest BCUT2D eigenvalue weighted by molar-refractivity contribution is 7.47. The van der Waals surface area contributed by atoms with Gasteiger partial charge < -0.3 is 33.8 Å². The Morgan fingerprint density at radius 1 is 0.270 bits per heavy atom. The Bertz CT molecular complexity index is 1940. The van der Waals surface area contributed by atoms with Crippen LogP contribution in [0.5, 0.6) is 0 Å². The quantitative estimate of drug-likeness (QED) is 0.0222. The summed E-state index contributed by atoms with van der Waals surface area (Å²) in [6, 6.07) is 0. The zero-order valence-corrected chi connectivity index (χ0v) is 67.5. The smallest absolute Gasteiger partial charge is 0.462 e. The normalized spacial score (nSPS) is 14.0. The van der Waals surface area contributed by atoms with Crippen LogP contribution in [0.3, 0.4) is 0 Å². The van der Waals surface area contributed by atoms with Crippen molar-refractivity contribution in [2.24, 2.45) is 17.8 Å². The number of aliphatic hydroxyl groups excluding tert-OH is 1. The van der Waals surface area contributed by atoms with Crippen LogP contribution in [0.4, 0.5) is 0 Å². The Balaban J connectivity index is 5.27. The van der Waals surface area contributed by atoms with Crippen molar-refractivity contribution in [3.8, 4) is 0 Å². The lowest BCUT2D eigenvalue weighted by Crippen LogP contribution is -2.30. The number of carbonyl (C=O) groups is 4. The molecule has 3 N–H and O–H groups in total. The van der Waals surface area contributed by atoms with E-state index in [-0.39, 0.29) is 25.7 Å². The van der Waals surface area contributed by atoms with Crippen molar-refractivity contribution < 1.29 is 80.2 Å². The van der Waals surface area contributed by atoms with Gasteiger partial charge >= 0.3 is 39.5 Å². The Labute approximate surface area is 613 Å². The van der Waals surface area contributed by atoms with Gasteiger partial charge in [-0.1, -0.05) is 370 Å². The topological polar surface area (TPSA) is 237 Å². The minimum atomic E-state index is -4.96. The molecular formula is C81H158O17P2. The minimum absolute atomic E-state index is 0.107. The molecule has 0 saturated carbocycles. The number of phosphoric ester groups is 2. The first-order chi connectivity index (χ1) is 48.2. The first-order valence-corrected chi connectivity index (χ1v) is 44.8. The van der Waals surface area contributed by atoms with E-state index in [1.54, 1.807) is 0 Å². The van der Waals surface area contributed by atoms with E-state index in [0.717, 1.165) is 108 Å². The van der Waals surface area contributed by atoms with Crippen LogP contribution in [0, 0.1) is 17.8 Å². The van der Waals surface area contributed by atoms with Gasteiger partial charge in [-0.25, -0.2) is 9.13 Å². The molecule has 2 unspecified atom stereocenters. The number of unbranched alkanes of at least 4 members (excludes halogenated alkanes) is 47. The molecule has 19 heteroatoms. The lowest BCUT2D eigenvalue weighted by Gasteiger charge is -2.21. The molecule has 0 aromatic rings. The van der Waals surface area contributed by atoms with Crippen LogP contribution < -0.4 is 0 Å². The monoisotopic (exact) mass is 1470 g/mol. The second kappa shape index (κ2) is 71.3. The molecule has 0 amide bonds. The zero-order valence-electron chi connectivity index (χ0n) is 65.7. The molecule has 0 bridgehead atoms. The van der Waals surface area contributed by atoms with Crippen molar-refractivity contribution in [3.63, 3.8) is 0 Å². The largest absolute Gasteiger partial charge is 0.472 e. The first kappa shape index (κ1) is 98.1. The van der Waals surface area contributed by atoms with E-state index < -0.39 is 97.5 Å². The third-order valence-electron chi connectivity index (χ3n) is 18.9. The third kappa shape index (κ3) is 74.3. The number of rotatable bonds is 79. The molecule has 0 aliphatic rings. The van der Waals surface area contributed by atoms with Crippen molar-refractivity contribution in [3.05, 3.63) is 0 Å². The highest BCUT2D eigenvalue weighted by Crippen LogP contribution is 2.45. The van der Waals surface area contributed by atoms with Crippen molar-refractivity contribution in [2.75, 3.05) is 39.6 Å². The van der Waals surface area contributed by atoms with Crippen molar-refractivity contribution in [1.29, 1.82) is 0 Å². The Hall–Kier alpha value is -1.94. The van der Waals surface area contributed by atoms with Gasteiger partial charge in [0.25, 0.3) is 0 Å². The second-order valence-corrected chi connectivity index (χ2v) is 33.5. The summed E-state index contributed by atoms with van der Waals surface area (Å²) in [6.07, 6.45) is 59.5. The summed E-state index contributed by atoms with van der Waals surface area (Å²) in [4.78, 5) is 73.1. The van der Waals surface area contributed by atoms with Gasteiger partial charge in [0.1, 0.15) is 19.3 Å². The molecule has 0 rings (SSSR count). The molecule has 17 nitrogen and oxygen atoms in total. The predicted octanol–water partition coefficient (Wildman–Crippen LogP) is 24.1. The SMILES string of the molecule is CCCCCCCCCCCCCCCC(=O)OC[C@H](COP(=O)(O)OC[C@H](O)COP(=O)(O)OC[C@@H](COC(=O)CCCCCCCCCCCCCCC(C)C)OC(=O)CCCCCCCCCCCCCCCCCC(C)C)OC(=O)CCCCCCCCCCCCCC(C)C. The molecule has 0 spiro atoms. The number of ether oxygens (including phenoxy) is 4. The third-order valence-corrected chi connectivity index (χ3v) is 20.8. The fourth-order valence-electron chi connectivity index (χ4n) is 12.5. The number of esters is 4. The summed E-state index contributed by atoms with van der Waals surface area (Å²) in [5.41, 5.74) is 0. The molecule has 100 heavy (non-hydrogen) atoms. The zero-order chi connectivity index (χ0) is 73.7. The summed E-state index contributed by atoms with van der Waals surface area (Å²) >= 11 is 0. The molecule has 0 radical (unpaired) electrons. The lowest BCUT2D eigenvalue weighted by molar-refractivity contribution is -0.161. The van der Waals surface area contributed by atoms with Crippen molar-refractivity contribution in [2.45, 2.75) is 439 Å². The van der Waals surface area contributed by atoms with Crippen LogP contribution in [-0.2, 0) is 65.4 Å². The van der Waals surface area contributed by atoms with Gasteiger partial charge in [-0.2, -0.15) is 0 Å². The molecule has 5 atom stereocenters. The van der Waals surface area contributed by atoms with Crippen molar-refractivity contribution in [1.82, 2.24) is 0 Å². The van der Waals surface area contributed by atoms with Gasteiger partial charge in [0.2, 0.25) is 0 Å². The molecule has 0 saturated heterocycles. The Morgan fingerprint density at radius 2 is 0.460 bits per heavy atom. The number of hydrogen-bond acceptors (Lipinski definition) is 15. The molecule has 0 fully saturated rings. The van der Waals surface area contributed by atoms with Gasteiger partial charge in [0.15, 0.2) is 12.2 Å². The maximum atomic E-state index is 13.1. The van der Waals surface area contributed by atoms with E-state index >= 15 is 0 Å². The summed E-state index contributed by atoms with van der Waals surface area (Å²) in [5, 5.41) is 10.6. The molecule has 0 aromatic carbocycles. The Morgan fingerprint density at radius 3 is 0.680 bits per heavy atom. The van der Waals surface area contributed by atoms with E-state index in [9.17, 15) is 43.2 Å². The second-order valence-electron chi connectivity index (χ2n) is 30.6. The van der Waals surface area contributed by atoms with Gasteiger partial charge in [0.05, 0.1) is 26.4 Å². The van der Waals surface area contributed by atoms with E-state index in [1.165, 1.54) is 231 Å². The van der Waals surface area contributed by atoms with Gasteiger partial charge in [-0.3, -0.25) is 37.3 Å². The first-order valence-electron chi connectivity index (χ1n) is 41.8.